The lowest BCUT2D eigenvalue weighted by Crippen LogP contribution is -2.28. The van der Waals surface area contributed by atoms with Gasteiger partial charge in [0.15, 0.2) is 5.69 Å². The monoisotopic (exact) mass is 311 g/mol. The van der Waals surface area contributed by atoms with Crippen LogP contribution >= 0.6 is 0 Å². The maximum atomic E-state index is 12.5. The maximum absolute atomic E-state index is 12.5. The van der Waals surface area contributed by atoms with Gasteiger partial charge in [-0.05, 0) is 38.3 Å². The maximum Gasteiger partial charge on any atom is 0.279 e. The summed E-state index contributed by atoms with van der Waals surface area (Å²) in [7, 11) is 1.63. The van der Waals surface area contributed by atoms with Crippen molar-refractivity contribution in [1.29, 1.82) is 0 Å². The normalized spacial score (nSPS) is 11.2. The van der Waals surface area contributed by atoms with Gasteiger partial charge < -0.3 is 4.90 Å². The summed E-state index contributed by atoms with van der Waals surface area (Å²) in [6, 6.07) is 1.09. The van der Waals surface area contributed by atoms with Crippen LogP contribution in [0.4, 0.5) is 8.78 Å². The Bertz CT molecular complexity index is 630. The van der Waals surface area contributed by atoms with Crippen molar-refractivity contribution >= 4 is 5.91 Å². The molecule has 2 rings (SSSR count). The van der Waals surface area contributed by atoms with E-state index in [-0.39, 0.29) is 17.3 Å². The number of rotatable bonds is 6. The molecule has 0 bridgehead atoms. The molecule has 2 aromatic rings. The first kappa shape index (κ1) is 16.1. The first-order valence-electron chi connectivity index (χ1n) is 6.99. The summed E-state index contributed by atoms with van der Waals surface area (Å²) in [5.74, 6) is -0.371. The highest BCUT2D eigenvalue weighted by atomic mass is 19.3. The highest BCUT2D eigenvalue weighted by molar-refractivity contribution is 5.92. The second kappa shape index (κ2) is 6.67. The first-order valence-corrected chi connectivity index (χ1v) is 6.99. The number of carbonyl (C=O) groups is 1. The summed E-state index contributed by atoms with van der Waals surface area (Å²) in [6.45, 7) is 4.41. The van der Waals surface area contributed by atoms with Gasteiger partial charge in [0.05, 0.1) is 5.69 Å². The predicted octanol–water partition coefficient (Wildman–Crippen LogP) is 2.39. The Morgan fingerprint density at radius 1 is 1.32 bits per heavy atom. The lowest BCUT2D eigenvalue weighted by Gasteiger charge is -2.15. The van der Waals surface area contributed by atoms with Gasteiger partial charge >= 0.3 is 0 Å². The average molecular weight is 311 g/mol. The van der Waals surface area contributed by atoms with Crippen LogP contribution in [0.25, 0.3) is 0 Å². The van der Waals surface area contributed by atoms with Gasteiger partial charge in [0.1, 0.15) is 5.69 Å². The molecule has 2 heterocycles. The standard InChI is InChI=1S/C14H19F2N5O/c1-8-10(9(2)18-17-8)5-4-6-21(3)14(22)12-7-11(13(15)16)19-20-12/h7,13H,4-6H2,1-3H3,(H,17,18)(H,19,20). The molecule has 0 aliphatic rings. The fourth-order valence-corrected chi connectivity index (χ4v) is 2.29. The Morgan fingerprint density at radius 3 is 2.59 bits per heavy atom. The van der Waals surface area contributed by atoms with Crippen LogP contribution < -0.4 is 0 Å². The minimum absolute atomic E-state index is 0.00784. The van der Waals surface area contributed by atoms with E-state index >= 15 is 0 Å². The van der Waals surface area contributed by atoms with Crippen LogP contribution in [0.1, 0.15) is 46.0 Å². The molecule has 8 heteroatoms. The van der Waals surface area contributed by atoms with Gasteiger partial charge in [0, 0.05) is 19.3 Å². The van der Waals surface area contributed by atoms with E-state index in [4.69, 9.17) is 0 Å². The topological polar surface area (TPSA) is 77.7 Å². The van der Waals surface area contributed by atoms with Gasteiger partial charge in [-0.15, -0.1) is 0 Å². The number of hydrogen-bond acceptors (Lipinski definition) is 3. The van der Waals surface area contributed by atoms with Crippen molar-refractivity contribution in [2.24, 2.45) is 0 Å². The molecule has 22 heavy (non-hydrogen) atoms. The van der Waals surface area contributed by atoms with Crippen LogP contribution in [-0.4, -0.2) is 44.8 Å². The van der Waals surface area contributed by atoms with Crippen LogP contribution in [0, 0.1) is 13.8 Å². The van der Waals surface area contributed by atoms with Crippen LogP contribution in [0.2, 0.25) is 0 Å². The number of nitrogens with one attached hydrogen (secondary N) is 2. The van der Waals surface area contributed by atoms with E-state index in [0.29, 0.717) is 6.54 Å². The van der Waals surface area contributed by atoms with Crippen LogP contribution in [0.3, 0.4) is 0 Å². The van der Waals surface area contributed by atoms with E-state index in [2.05, 4.69) is 20.4 Å². The van der Waals surface area contributed by atoms with E-state index in [1.807, 2.05) is 13.8 Å². The third-order valence-electron chi connectivity index (χ3n) is 3.60. The van der Waals surface area contributed by atoms with Crippen molar-refractivity contribution in [3.63, 3.8) is 0 Å². The third-order valence-corrected chi connectivity index (χ3v) is 3.60. The molecule has 0 atom stereocenters. The van der Waals surface area contributed by atoms with E-state index in [9.17, 15) is 13.6 Å². The third kappa shape index (κ3) is 3.49. The van der Waals surface area contributed by atoms with Gasteiger partial charge in [0.25, 0.3) is 12.3 Å². The van der Waals surface area contributed by atoms with Crippen LogP contribution in [0.5, 0.6) is 0 Å². The van der Waals surface area contributed by atoms with Crippen LogP contribution in [-0.2, 0) is 6.42 Å². The van der Waals surface area contributed by atoms with Crippen molar-refractivity contribution in [3.8, 4) is 0 Å². The Morgan fingerprint density at radius 2 is 2.05 bits per heavy atom. The number of aromatic nitrogens is 4. The van der Waals surface area contributed by atoms with Crippen molar-refractivity contribution in [3.05, 3.63) is 34.4 Å². The number of nitrogens with zero attached hydrogens (tertiary/aromatic N) is 3. The highest BCUT2D eigenvalue weighted by Crippen LogP contribution is 2.17. The molecular formula is C14H19F2N5O. The number of aryl methyl sites for hydroxylation is 2. The van der Waals surface area contributed by atoms with Crippen molar-refractivity contribution < 1.29 is 13.6 Å². The van der Waals surface area contributed by atoms with Gasteiger partial charge in [-0.3, -0.25) is 15.0 Å². The largest absolute Gasteiger partial charge is 0.340 e. The number of alkyl halides is 2. The Labute approximate surface area is 126 Å². The fraction of sp³-hybridized carbons (Fsp3) is 0.500. The molecule has 0 spiro atoms. The Kier molecular flexibility index (Phi) is 4.89. The van der Waals surface area contributed by atoms with E-state index in [1.54, 1.807) is 7.05 Å². The van der Waals surface area contributed by atoms with Crippen molar-refractivity contribution in [2.45, 2.75) is 33.1 Å². The predicted molar refractivity (Wildman–Crippen MR) is 76.9 cm³/mol. The van der Waals surface area contributed by atoms with Crippen molar-refractivity contribution in [2.75, 3.05) is 13.6 Å². The molecule has 0 saturated heterocycles. The zero-order valence-electron chi connectivity index (χ0n) is 12.8. The molecule has 0 aliphatic heterocycles. The Balaban J connectivity index is 1.88. The number of H-pyrrole nitrogens is 2. The number of amides is 1. The minimum Gasteiger partial charge on any atom is -0.340 e. The first-order chi connectivity index (χ1) is 10.4. The molecule has 0 unspecified atom stereocenters. The molecule has 2 N–H and O–H groups in total. The number of aromatic amines is 2. The second-order valence-electron chi connectivity index (χ2n) is 5.25. The number of halogens is 2. The Hall–Kier alpha value is -2.25. The number of carbonyl (C=O) groups excluding carboxylic acids is 1. The number of hydrogen-bond donors (Lipinski definition) is 2. The van der Waals surface area contributed by atoms with E-state index in [1.165, 1.54) is 4.90 Å². The molecule has 2 aromatic heterocycles. The van der Waals surface area contributed by atoms with E-state index in [0.717, 1.165) is 35.9 Å². The van der Waals surface area contributed by atoms with Crippen molar-refractivity contribution in [1.82, 2.24) is 25.3 Å². The SMILES string of the molecule is Cc1n[nH]c(C)c1CCCN(C)C(=O)c1cc(C(F)F)[nH]n1. The van der Waals surface area contributed by atoms with E-state index < -0.39 is 6.43 Å². The van der Waals surface area contributed by atoms with Crippen LogP contribution in [0.15, 0.2) is 6.07 Å². The highest BCUT2D eigenvalue weighted by Gasteiger charge is 2.18. The molecule has 0 saturated carbocycles. The van der Waals surface area contributed by atoms with Gasteiger partial charge in [0.2, 0.25) is 0 Å². The molecule has 0 fully saturated rings. The summed E-state index contributed by atoms with van der Waals surface area (Å²) in [5, 5.41) is 12.9. The lowest BCUT2D eigenvalue weighted by atomic mass is 10.1. The summed E-state index contributed by atoms with van der Waals surface area (Å²) >= 11 is 0. The zero-order valence-corrected chi connectivity index (χ0v) is 12.8. The quantitative estimate of drug-likeness (QED) is 0.860. The smallest absolute Gasteiger partial charge is 0.279 e. The molecule has 6 nitrogen and oxygen atoms in total. The minimum atomic E-state index is -2.66. The summed E-state index contributed by atoms with van der Waals surface area (Å²) in [4.78, 5) is 13.6. The van der Waals surface area contributed by atoms with Gasteiger partial charge in [-0.25, -0.2) is 8.78 Å². The summed E-state index contributed by atoms with van der Waals surface area (Å²) < 4.78 is 25.0. The molecule has 0 aromatic carbocycles. The summed E-state index contributed by atoms with van der Waals surface area (Å²) in [5.41, 5.74) is 2.80. The van der Waals surface area contributed by atoms with Gasteiger partial charge in [-0.2, -0.15) is 10.2 Å². The molecule has 0 radical (unpaired) electrons. The molecular weight excluding hydrogens is 292 g/mol. The van der Waals surface area contributed by atoms with Gasteiger partial charge in [-0.1, -0.05) is 0 Å². The average Bonchev–Trinajstić information content (AvgIpc) is 3.08. The zero-order chi connectivity index (χ0) is 16.3. The molecule has 1 amide bonds. The fourth-order valence-electron chi connectivity index (χ4n) is 2.29. The lowest BCUT2D eigenvalue weighted by molar-refractivity contribution is 0.0788. The molecule has 120 valence electrons. The summed E-state index contributed by atoms with van der Waals surface area (Å²) in [6.07, 6.45) is -1.10. The molecule has 0 aliphatic carbocycles. The second-order valence-corrected chi connectivity index (χ2v) is 5.25.